The predicted octanol–water partition coefficient (Wildman–Crippen LogP) is 2.65. The molecule has 0 atom stereocenters. The van der Waals surface area contributed by atoms with E-state index in [1.54, 1.807) is 31.6 Å². The second kappa shape index (κ2) is 9.46. The summed E-state index contributed by atoms with van der Waals surface area (Å²) in [5, 5.41) is 0. The molecule has 2 aromatic heterocycles. The van der Waals surface area contributed by atoms with Crippen molar-refractivity contribution in [3.05, 3.63) is 54.0 Å². The molecule has 1 fully saturated rings. The molecule has 0 N–H and O–H groups in total. The van der Waals surface area contributed by atoms with E-state index >= 15 is 0 Å². The molecule has 0 radical (unpaired) electrons. The number of nitrogens with zero attached hydrogens (tertiary/aromatic N) is 4. The lowest BCUT2D eigenvalue weighted by Crippen LogP contribution is -2.48. The standard InChI is InChI=1S/C21H28N4O2/c1-3-24-14-10-18(11-15-24)25(16-9-17-7-4-5-12-22-17)21(26)19-8-6-13-23-20(19)27-2/h4-8,12-13,18H,3,9-11,14-16H2,1-2H3. The van der Waals surface area contributed by atoms with Crippen LogP contribution in [0, 0.1) is 0 Å². The van der Waals surface area contributed by atoms with Gasteiger partial charge in [0, 0.05) is 50.2 Å². The van der Waals surface area contributed by atoms with E-state index < -0.39 is 0 Å². The molecule has 0 saturated carbocycles. The van der Waals surface area contributed by atoms with E-state index in [0.717, 1.165) is 44.6 Å². The van der Waals surface area contributed by atoms with Gasteiger partial charge in [0.05, 0.1) is 7.11 Å². The first-order valence-corrected chi connectivity index (χ1v) is 9.65. The third kappa shape index (κ3) is 4.83. The summed E-state index contributed by atoms with van der Waals surface area (Å²) >= 11 is 0. The summed E-state index contributed by atoms with van der Waals surface area (Å²) in [4.78, 5) is 26.4. The fourth-order valence-electron chi connectivity index (χ4n) is 3.65. The molecule has 0 aliphatic carbocycles. The highest BCUT2D eigenvalue weighted by atomic mass is 16.5. The molecule has 0 aromatic carbocycles. The molecule has 0 bridgehead atoms. The molecule has 6 heteroatoms. The fraction of sp³-hybridized carbons (Fsp3) is 0.476. The summed E-state index contributed by atoms with van der Waals surface area (Å²) in [5.74, 6) is 0.377. The lowest BCUT2D eigenvalue weighted by molar-refractivity contribution is 0.0575. The number of pyridine rings is 2. The summed E-state index contributed by atoms with van der Waals surface area (Å²) in [6.45, 7) is 5.94. The Morgan fingerprint density at radius 3 is 2.63 bits per heavy atom. The average molecular weight is 368 g/mol. The summed E-state index contributed by atoms with van der Waals surface area (Å²) in [6.07, 6.45) is 6.16. The Labute approximate surface area is 161 Å². The quantitative estimate of drug-likeness (QED) is 0.752. The van der Waals surface area contributed by atoms with Gasteiger partial charge in [0.25, 0.3) is 5.91 Å². The Bertz CT molecular complexity index is 730. The highest BCUT2D eigenvalue weighted by Crippen LogP contribution is 2.23. The van der Waals surface area contributed by atoms with Crippen LogP contribution in [0.4, 0.5) is 0 Å². The van der Waals surface area contributed by atoms with Crippen LogP contribution in [0.5, 0.6) is 5.88 Å². The first-order chi connectivity index (χ1) is 13.2. The topological polar surface area (TPSA) is 58.6 Å². The van der Waals surface area contributed by atoms with Gasteiger partial charge in [-0.05, 0) is 43.7 Å². The van der Waals surface area contributed by atoms with Crippen LogP contribution >= 0.6 is 0 Å². The third-order valence-corrected chi connectivity index (χ3v) is 5.24. The maximum atomic E-state index is 13.4. The van der Waals surface area contributed by atoms with Crippen LogP contribution in [0.1, 0.15) is 35.8 Å². The molecule has 6 nitrogen and oxygen atoms in total. The normalized spacial score (nSPS) is 15.5. The number of likely N-dealkylation sites (tertiary alicyclic amines) is 1. The smallest absolute Gasteiger partial charge is 0.259 e. The van der Waals surface area contributed by atoms with Crippen molar-refractivity contribution >= 4 is 5.91 Å². The van der Waals surface area contributed by atoms with E-state index in [1.165, 1.54) is 0 Å². The van der Waals surface area contributed by atoms with Gasteiger partial charge in [-0.25, -0.2) is 4.98 Å². The summed E-state index contributed by atoms with van der Waals surface area (Å²) in [7, 11) is 1.55. The average Bonchev–Trinajstić information content (AvgIpc) is 2.75. The van der Waals surface area contributed by atoms with Crippen LogP contribution in [-0.4, -0.2) is 65.0 Å². The number of ether oxygens (including phenoxy) is 1. The lowest BCUT2D eigenvalue weighted by Gasteiger charge is -2.38. The zero-order valence-electron chi connectivity index (χ0n) is 16.2. The van der Waals surface area contributed by atoms with Gasteiger partial charge in [0.1, 0.15) is 5.56 Å². The molecule has 1 aliphatic heterocycles. The molecule has 2 aromatic rings. The van der Waals surface area contributed by atoms with Crippen molar-refractivity contribution in [2.45, 2.75) is 32.2 Å². The Morgan fingerprint density at radius 1 is 1.19 bits per heavy atom. The Kier molecular flexibility index (Phi) is 6.76. The number of rotatable bonds is 7. The van der Waals surface area contributed by atoms with Crippen LogP contribution in [0.15, 0.2) is 42.7 Å². The van der Waals surface area contributed by atoms with Gasteiger partial charge in [-0.3, -0.25) is 9.78 Å². The number of piperidine rings is 1. The molecule has 144 valence electrons. The zero-order valence-corrected chi connectivity index (χ0v) is 16.2. The molecule has 3 rings (SSSR count). The van der Waals surface area contributed by atoms with E-state index in [4.69, 9.17) is 4.74 Å². The van der Waals surface area contributed by atoms with Crippen molar-refractivity contribution in [3.8, 4) is 5.88 Å². The van der Waals surface area contributed by atoms with Gasteiger partial charge in [-0.15, -0.1) is 0 Å². The van der Waals surface area contributed by atoms with Crippen molar-refractivity contribution in [1.82, 2.24) is 19.8 Å². The Balaban J connectivity index is 1.79. The van der Waals surface area contributed by atoms with E-state index in [1.807, 2.05) is 23.1 Å². The first kappa shape index (κ1) is 19.3. The highest BCUT2D eigenvalue weighted by Gasteiger charge is 2.29. The van der Waals surface area contributed by atoms with Crippen molar-refractivity contribution in [2.75, 3.05) is 33.3 Å². The summed E-state index contributed by atoms with van der Waals surface area (Å²) in [6, 6.07) is 9.71. The van der Waals surface area contributed by atoms with Gasteiger partial charge in [-0.1, -0.05) is 13.0 Å². The van der Waals surface area contributed by atoms with Crippen LogP contribution < -0.4 is 4.74 Å². The van der Waals surface area contributed by atoms with Crippen molar-refractivity contribution < 1.29 is 9.53 Å². The molecule has 1 aliphatic rings. The van der Waals surface area contributed by atoms with Crippen LogP contribution in [0.2, 0.25) is 0 Å². The monoisotopic (exact) mass is 368 g/mol. The minimum Gasteiger partial charge on any atom is -0.480 e. The zero-order chi connectivity index (χ0) is 19.1. The van der Waals surface area contributed by atoms with Gasteiger partial charge < -0.3 is 14.5 Å². The number of hydrogen-bond donors (Lipinski definition) is 0. The predicted molar refractivity (Wildman–Crippen MR) is 105 cm³/mol. The first-order valence-electron chi connectivity index (χ1n) is 9.65. The molecule has 1 amide bonds. The Morgan fingerprint density at radius 2 is 1.96 bits per heavy atom. The maximum absolute atomic E-state index is 13.4. The van der Waals surface area contributed by atoms with Gasteiger partial charge >= 0.3 is 0 Å². The fourth-order valence-corrected chi connectivity index (χ4v) is 3.65. The number of hydrogen-bond acceptors (Lipinski definition) is 5. The number of methoxy groups -OCH3 is 1. The molecule has 0 spiro atoms. The molecular weight excluding hydrogens is 340 g/mol. The SMILES string of the molecule is CCN1CCC(N(CCc2ccccn2)C(=O)c2cccnc2OC)CC1. The number of amides is 1. The van der Waals surface area contributed by atoms with Crippen molar-refractivity contribution in [1.29, 1.82) is 0 Å². The lowest BCUT2D eigenvalue weighted by atomic mass is 10.0. The van der Waals surface area contributed by atoms with Gasteiger partial charge in [0.2, 0.25) is 5.88 Å². The van der Waals surface area contributed by atoms with E-state index in [0.29, 0.717) is 18.0 Å². The minimum absolute atomic E-state index is 0.00849. The summed E-state index contributed by atoms with van der Waals surface area (Å²) in [5.41, 5.74) is 1.53. The maximum Gasteiger partial charge on any atom is 0.259 e. The second-order valence-corrected chi connectivity index (χ2v) is 6.80. The van der Waals surface area contributed by atoms with Crippen LogP contribution in [-0.2, 0) is 6.42 Å². The number of carbonyl (C=O) groups is 1. The second-order valence-electron chi connectivity index (χ2n) is 6.80. The van der Waals surface area contributed by atoms with Crippen molar-refractivity contribution in [3.63, 3.8) is 0 Å². The molecule has 1 saturated heterocycles. The number of aromatic nitrogens is 2. The molecular formula is C21H28N4O2. The minimum atomic E-state index is -0.00849. The van der Waals surface area contributed by atoms with Crippen molar-refractivity contribution in [2.24, 2.45) is 0 Å². The number of carbonyl (C=O) groups excluding carboxylic acids is 1. The summed E-state index contributed by atoms with van der Waals surface area (Å²) < 4.78 is 5.32. The van der Waals surface area contributed by atoms with E-state index in [9.17, 15) is 4.79 Å². The van der Waals surface area contributed by atoms with Crippen LogP contribution in [0.3, 0.4) is 0 Å². The third-order valence-electron chi connectivity index (χ3n) is 5.24. The van der Waals surface area contributed by atoms with Gasteiger partial charge in [-0.2, -0.15) is 0 Å². The van der Waals surface area contributed by atoms with Gasteiger partial charge in [0.15, 0.2) is 0 Å². The molecule has 0 unspecified atom stereocenters. The Hall–Kier alpha value is -2.47. The molecule has 3 heterocycles. The molecule has 27 heavy (non-hydrogen) atoms. The van der Waals surface area contributed by atoms with Crippen LogP contribution in [0.25, 0.3) is 0 Å². The van der Waals surface area contributed by atoms with E-state index in [-0.39, 0.29) is 11.9 Å². The van der Waals surface area contributed by atoms with E-state index in [2.05, 4.69) is 21.8 Å². The highest BCUT2D eigenvalue weighted by molar-refractivity contribution is 5.96. The largest absolute Gasteiger partial charge is 0.480 e.